The Bertz CT molecular complexity index is 5520. The second-order valence-corrected chi connectivity index (χ2v) is 31.5. The summed E-state index contributed by atoms with van der Waals surface area (Å²) in [5.41, 5.74) is -0.719. The summed E-state index contributed by atoms with van der Waals surface area (Å²) < 4.78 is 201. The van der Waals surface area contributed by atoms with Gasteiger partial charge in [0.05, 0.1) is 94.4 Å². The van der Waals surface area contributed by atoms with E-state index >= 15 is 0 Å². The maximum Gasteiger partial charge on any atom is 0.423 e. The van der Waals surface area contributed by atoms with Crippen LogP contribution >= 0.6 is 23.2 Å². The number of nitrogens with zero attached hydrogens (tertiary/aromatic N) is 12. The van der Waals surface area contributed by atoms with Crippen molar-refractivity contribution in [2.75, 3.05) is 119 Å². The van der Waals surface area contributed by atoms with Crippen LogP contribution in [0.25, 0.3) is 0 Å². The highest BCUT2D eigenvalue weighted by molar-refractivity contribution is 6.35. The molecule has 6 N–H and O–H groups in total. The van der Waals surface area contributed by atoms with E-state index in [1.807, 2.05) is 21.7 Å². The lowest BCUT2D eigenvalue weighted by Gasteiger charge is -2.32. The number of anilines is 6. The Kier molecular flexibility index (Phi) is 27.9. The van der Waals surface area contributed by atoms with Gasteiger partial charge in [0.15, 0.2) is 0 Å². The van der Waals surface area contributed by atoms with Crippen LogP contribution in [0, 0.1) is 0 Å². The molecule has 6 aliphatic rings. The Morgan fingerprint density at radius 3 is 1.02 bits per heavy atom. The maximum absolute atomic E-state index is 14.5. The van der Waals surface area contributed by atoms with Gasteiger partial charge in [-0.3, -0.25) is 28.8 Å². The zero-order valence-electron chi connectivity index (χ0n) is 69.5. The van der Waals surface area contributed by atoms with Crippen molar-refractivity contribution in [2.45, 2.75) is 94.1 Å². The Labute approximate surface area is 732 Å². The summed E-state index contributed by atoms with van der Waals surface area (Å²) in [5, 5.41) is 16.3. The molecular weight excluding hydrogens is 1750 g/mol. The summed E-state index contributed by atoms with van der Waals surface area (Å²) in [5.74, 6) is -6.09. The third-order valence-corrected chi connectivity index (χ3v) is 22.1. The number of hydrogen-bond donors (Lipinski definition) is 6. The third-order valence-electron chi connectivity index (χ3n) is 21.5. The van der Waals surface area contributed by atoms with Crippen LogP contribution in [0.1, 0.15) is 115 Å². The molecule has 0 unspecified atom stereocenters. The lowest BCUT2D eigenvalue weighted by atomic mass is 10.0. The van der Waals surface area contributed by atoms with Crippen molar-refractivity contribution in [3.8, 4) is 52.1 Å². The van der Waals surface area contributed by atoms with Crippen LogP contribution < -0.4 is 60.3 Å². The summed E-state index contributed by atoms with van der Waals surface area (Å²) >= 11 is 12.8. The van der Waals surface area contributed by atoms with Gasteiger partial charge in [-0.2, -0.15) is 54.5 Å². The number of piperidine rings is 3. The molecule has 0 radical (unpaired) electrons. The molecule has 3 aromatic heterocycles. The minimum Gasteiger partial charge on any atom is -0.495 e. The van der Waals surface area contributed by atoms with E-state index in [-0.39, 0.29) is 151 Å². The second-order valence-electron chi connectivity index (χ2n) is 30.7. The lowest BCUT2D eigenvalue weighted by molar-refractivity contribution is -0.140. The normalized spacial score (nSPS) is 18.8. The molecule has 0 saturated carbocycles. The number of rotatable bonds is 21. The molecule has 6 aliphatic heterocycles. The highest BCUT2D eigenvalue weighted by Gasteiger charge is 2.43. The topological polar surface area (TPSA) is 327 Å². The van der Waals surface area contributed by atoms with E-state index < -0.39 is 119 Å². The number of nitrogens with one attached hydrogen (secondary N) is 6. The number of carbonyl (C=O) groups is 6. The minimum absolute atomic E-state index is 0.0140. The van der Waals surface area contributed by atoms with E-state index in [1.165, 1.54) is 96.7 Å². The highest BCUT2D eigenvalue weighted by atomic mass is 35.5. The van der Waals surface area contributed by atoms with Gasteiger partial charge >= 0.3 is 18.5 Å². The van der Waals surface area contributed by atoms with Gasteiger partial charge in [-0.15, -0.1) is 0 Å². The highest BCUT2D eigenvalue weighted by Crippen LogP contribution is 2.46. The molecule has 128 heavy (non-hydrogen) atoms. The van der Waals surface area contributed by atoms with E-state index in [9.17, 15) is 81.5 Å². The number of halogens is 14. The first-order valence-corrected chi connectivity index (χ1v) is 40.0. The quantitative estimate of drug-likeness (QED) is 0.0364. The monoisotopic (exact) mass is 1830 g/mol. The predicted octanol–water partition coefficient (Wildman–Crippen LogP) is 14.5. The van der Waals surface area contributed by atoms with Crippen molar-refractivity contribution in [2.24, 2.45) is 0 Å². The average molecular weight is 1830 g/mol. The molecule has 0 aliphatic carbocycles. The van der Waals surface area contributed by atoms with E-state index in [4.69, 9.17) is 51.6 Å². The van der Waals surface area contributed by atoms with E-state index in [1.54, 1.807) is 71.6 Å². The Balaban J connectivity index is 0.000000164. The minimum atomic E-state index is -4.87. The second kappa shape index (κ2) is 38.4. The van der Waals surface area contributed by atoms with Crippen molar-refractivity contribution in [3.63, 3.8) is 0 Å². The van der Waals surface area contributed by atoms with Gasteiger partial charge in [0.25, 0.3) is 35.4 Å². The summed E-state index contributed by atoms with van der Waals surface area (Å²) in [6.45, 7) is 3.34. The summed E-state index contributed by atoms with van der Waals surface area (Å²) in [4.78, 5) is 109. The summed E-state index contributed by atoms with van der Waals surface area (Å²) in [6.07, 6.45) is -15.3. The van der Waals surface area contributed by atoms with Crippen LogP contribution in [-0.4, -0.2) is 234 Å². The number of likely N-dealkylation sites (tertiary alicyclic amines) is 3. The first-order chi connectivity index (χ1) is 60.6. The van der Waals surface area contributed by atoms with Gasteiger partial charge in [-0.05, 0) is 118 Å². The molecule has 0 spiro atoms. The van der Waals surface area contributed by atoms with Gasteiger partial charge in [0.2, 0.25) is 35.5 Å². The Morgan fingerprint density at radius 1 is 0.406 bits per heavy atom. The zero-order valence-corrected chi connectivity index (χ0v) is 71.0. The molecule has 3 saturated heterocycles. The Morgan fingerprint density at radius 2 is 0.711 bits per heavy atom. The molecule has 15 rings (SSSR count). The van der Waals surface area contributed by atoms with Crippen molar-refractivity contribution >= 4 is 93.6 Å². The van der Waals surface area contributed by atoms with E-state index in [0.717, 1.165) is 0 Å². The van der Waals surface area contributed by atoms with Crippen LogP contribution in [0.2, 0.25) is 10.0 Å². The smallest absolute Gasteiger partial charge is 0.423 e. The summed E-state index contributed by atoms with van der Waals surface area (Å²) in [6, 6.07) is 21.5. The number of ether oxygens (including phenoxy) is 6. The zero-order chi connectivity index (χ0) is 92.3. The number of benzene rings is 6. The van der Waals surface area contributed by atoms with Crippen LogP contribution in [-0.2, 0) is 38.2 Å². The molecule has 30 nitrogen and oxygen atoms in total. The fraction of sp³-hybridized carbons (Fsp3) is 0.357. The number of aromatic nitrogens is 6. The standard InChI is InChI=1S/2C28H27ClF4N6O4.C28H28F4N6O4/c2*1-38-8-7-19(18(30)13-38)35-24(40)15-9-22(42-3)20(10-17(15)29)36-27-34-11-16(28(31,32)33)25(37-27)43-21-6-4-5-14-12-39(2)26(41)23(14)21;1-37-10-9-19(18(29)14-37)34-24(39)15-7-8-20(22(11-15)41-3)35-27-33-12-17(28(30,31)32)25(36-27)42-21-6-4-5-16-13-38(2)26(40)23(16)21/h2*4-6,9-11,18-19H,7-8,12-13H2,1-3H3,(H,35,40)(H,34,36,37);4-8,11-12,18-19H,9-10,13-14H2,1-3H3,(H,34,39)(H,33,35,36)/t3*18-,19+/m100/s1. The molecule has 9 heterocycles. The summed E-state index contributed by atoms with van der Waals surface area (Å²) in [7, 11) is 14.1. The van der Waals surface area contributed by atoms with Gasteiger partial charge in [-0.25, -0.2) is 28.1 Å². The van der Waals surface area contributed by atoms with Gasteiger partial charge in [0.1, 0.15) is 69.7 Å². The molecule has 678 valence electrons. The van der Waals surface area contributed by atoms with Gasteiger partial charge < -0.3 is 89.7 Å². The first-order valence-electron chi connectivity index (χ1n) is 39.3. The number of carbonyl (C=O) groups excluding carboxylic acids is 6. The number of hydrogen-bond acceptors (Lipinski definition) is 24. The lowest BCUT2D eigenvalue weighted by Crippen LogP contribution is -2.51. The van der Waals surface area contributed by atoms with Crippen molar-refractivity contribution < 1.29 is 110 Å². The van der Waals surface area contributed by atoms with Gasteiger partial charge in [-0.1, -0.05) is 59.6 Å². The third kappa shape index (κ3) is 21.0. The Hall–Kier alpha value is -12.8. The number of alkyl halides is 12. The van der Waals surface area contributed by atoms with Crippen molar-refractivity contribution in [1.29, 1.82) is 0 Å². The number of fused-ring (bicyclic) bond motifs is 3. The molecule has 3 fully saturated rings. The fourth-order valence-electron chi connectivity index (χ4n) is 14.8. The maximum atomic E-state index is 14.5. The van der Waals surface area contributed by atoms with E-state index in [0.29, 0.717) is 80.7 Å². The average Bonchev–Trinajstić information content (AvgIpc) is 1.65. The molecule has 6 atom stereocenters. The molecule has 9 aromatic rings. The van der Waals surface area contributed by atoms with Crippen LogP contribution in [0.15, 0.2) is 116 Å². The molecule has 0 bridgehead atoms. The van der Waals surface area contributed by atoms with Crippen LogP contribution in [0.4, 0.5) is 87.6 Å². The number of amides is 6. The SMILES string of the molecule is COc1cc(C(=O)N[C@@H]2CCN(C)C[C@@H]2F)c(Cl)cc1Nc1ncc(C(F)(F)F)c(Oc2cccc3c2C(=O)N(C)C3)n1.COc1cc(C(=O)N[C@@H]2CCN(C)C[C@@H]2F)ccc1Nc1ncc(C(F)(F)F)c(Oc2cccc3c2C(=O)N(C)C3)n1.COc1cc(C(=O)N[C@H]2CCN(C)C[C@H]2F)c(Cl)cc1Nc1ncc(C(F)(F)F)c(Oc2cccc3c2C(=O)N(C)C3)n1. The van der Waals surface area contributed by atoms with Crippen LogP contribution in [0.3, 0.4) is 0 Å². The van der Waals surface area contributed by atoms with Crippen molar-refractivity contribution in [3.05, 3.63) is 192 Å². The molecular formula is C84H82Cl2F12N18O12. The largest absolute Gasteiger partial charge is 0.495 e. The van der Waals surface area contributed by atoms with Gasteiger partial charge in [0, 0.05) is 104 Å². The van der Waals surface area contributed by atoms with E-state index in [2.05, 4.69) is 61.8 Å². The predicted molar refractivity (Wildman–Crippen MR) is 442 cm³/mol. The first kappa shape index (κ1) is 92.9. The molecule has 6 aromatic carbocycles. The fourth-order valence-corrected chi connectivity index (χ4v) is 15.3. The molecule has 6 amide bonds. The van der Waals surface area contributed by atoms with Crippen LogP contribution in [0.5, 0.6) is 52.1 Å². The van der Waals surface area contributed by atoms with Crippen molar-refractivity contribution in [1.82, 2.24) is 75.3 Å². The molecule has 44 heteroatoms. The number of methoxy groups -OCH3 is 3.